The summed E-state index contributed by atoms with van der Waals surface area (Å²) in [6.07, 6.45) is -1.14. The lowest BCUT2D eigenvalue weighted by Crippen LogP contribution is -2.28. The minimum absolute atomic E-state index is 0. The second kappa shape index (κ2) is 9.47. The number of fused-ring (bicyclic) bond motifs is 1. The van der Waals surface area contributed by atoms with Crippen LogP contribution in [-0.4, -0.2) is 44.2 Å². The number of ether oxygens (including phenoxy) is 1. The van der Waals surface area contributed by atoms with Gasteiger partial charge in [-0.05, 0) is 43.6 Å². The van der Waals surface area contributed by atoms with E-state index in [1.54, 1.807) is 16.8 Å². The number of benzene rings is 1. The van der Waals surface area contributed by atoms with E-state index >= 15 is 0 Å². The number of hydrogen-bond donors (Lipinski definition) is 2. The lowest BCUT2D eigenvalue weighted by molar-refractivity contribution is -0.274. The van der Waals surface area contributed by atoms with Gasteiger partial charge in [-0.25, -0.2) is 4.52 Å². The first kappa shape index (κ1) is 23.8. The van der Waals surface area contributed by atoms with Gasteiger partial charge in [-0.15, -0.1) is 35.8 Å². The third-order valence-corrected chi connectivity index (χ3v) is 5.50. The molecule has 0 aliphatic carbocycles. The summed E-state index contributed by atoms with van der Waals surface area (Å²) >= 11 is 0. The Labute approximate surface area is 196 Å². The number of H-pyrrole nitrogens is 1. The fourth-order valence-corrected chi connectivity index (χ4v) is 4.00. The highest BCUT2D eigenvalue weighted by Crippen LogP contribution is 2.28. The molecule has 0 bridgehead atoms. The van der Waals surface area contributed by atoms with Gasteiger partial charge in [0.15, 0.2) is 0 Å². The van der Waals surface area contributed by atoms with Crippen LogP contribution in [0.25, 0.3) is 17.1 Å². The van der Waals surface area contributed by atoms with Crippen molar-refractivity contribution < 1.29 is 22.3 Å². The second-order valence-electron chi connectivity index (χ2n) is 7.77. The first-order chi connectivity index (χ1) is 15.9. The Morgan fingerprint density at radius 2 is 1.88 bits per heavy atom. The van der Waals surface area contributed by atoms with Crippen molar-refractivity contribution in [1.29, 1.82) is 0 Å². The zero-order valence-electron chi connectivity index (χ0n) is 17.6. The van der Waals surface area contributed by atoms with Crippen LogP contribution >= 0.6 is 12.4 Å². The highest BCUT2D eigenvalue weighted by atomic mass is 35.5. The summed E-state index contributed by atoms with van der Waals surface area (Å²) in [5.74, 6) is 0.365. The molecule has 0 unspecified atom stereocenters. The van der Waals surface area contributed by atoms with Crippen LogP contribution in [0.4, 0.5) is 13.2 Å². The third-order valence-electron chi connectivity index (χ3n) is 5.50. The molecule has 1 saturated heterocycles. The number of piperidine rings is 1. The number of halogens is 4. The molecule has 13 heteroatoms. The Hall–Kier alpha value is -3.38. The average Bonchev–Trinajstić information content (AvgIpc) is 3.41. The van der Waals surface area contributed by atoms with Crippen molar-refractivity contribution in [3.8, 4) is 17.2 Å². The van der Waals surface area contributed by atoms with E-state index in [1.807, 2.05) is 0 Å². The summed E-state index contributed by atoms with van der Waals surface area (Å²) < 4.78 is 48.2. The van der Waals surface area contributed by atoms with Gasteiger partial charge in [0.05, 0.1) is 18.3 Å². The Morgan fingerprint density at radius 3 is 2.59 bits per heavy atom. The van der Waals surface area contributed by atoms with Crippen LogP contribution < -0.4 is 15.6 Å². The number of aromatic amines is 1. The van der Waals surface area contributed by atoms with E-state index in [4.69, 9.17) is 4.42 Å². The minimum atomic E-state index is -4.74. The van der Waals surface area contributed by atoms with Crippen LogP contribution in [0.15, 0.2) is 45.7 Å². The number of nitrogens with one attached hydrogen (secondary N) is 2. The van der Waals surface area contributed by atoms with E-state index in [-0.39, 0.29) is 47.8 Å². The standard InChI is InChI=1S/C21H19F3N6O3.ClH/c22-21(23,24)33-14-3-1-12(2-4-14)9-18-28-29-20(32-18)15-11-26-30-16(10-17(31)27-19(15)30)13-5-7-25-8-6-13;/h1-4,10-11,13,25H,5-9H2,(H,27,31);1H. The fourth-order valence-electron chi connectivity index (χ4n) is 4.00. The maximum Gasteiger partial charge on any atom is 0.573 e. The van der Waals surface area contributed by atoms with Crippen molar-refractivity contribution in [1.82, 2.24) is 30.1 Å². The van der Waals surface area contributed by atoms with E-state index in [1.165, 1.54) is 24.3 Å². The largest absolute Gasteiger partial charge is 0.573 e. The summed E-state index contributed by atoms with van der Waals surface area (Å²) in [5.41, 5.74) is 2.23. The maximum absolute atomic E-state index is 12.3. The van der Waals surface area contributed by atoms with Gasteiger partial charge in [0.1, 0.15) is 17.0 Å². The predicted octanol–water partition coefficient (Wildman–Crippen LogP) is 3.45. The molecular weight excluding hydrogens is 477 g/mol. The topological polar surface area (TPSA) is 110 Å². The van der Waals surface area contributed by atoms with E-state index in [0.29, 0.717) is 16.8 Å². The molecule has 0 spiro atoms. The normalized spacial score (nSPS) is 14.8. The molecule has 4 heterocycles. The van der Waals surface area contributed by atoms with Crippen molar-refractivity contribution >= 4 is 18.1 Å². The Kier molecular flexibility index (Phi) is 6.62. The van der Waals surface area contributed by atoms with Gasteiger partial charge < -0.3 is 19.5 Å². The molecule has 0 saturated carbocycles. The van der Waals surface area contributed by atoms with E-state index in [0.717, 1.165) is 31.6 Å². The van der Waals surface area contributed by atoms with Crippen LogP contribution in [0.1, 0.15) is 35.9 Å². The van der Waals surface area contributed by atoms with E-state index in [9.17, 15) is 18.0 Å². The summed E-state index contributed by atoms with van der Waals surface area (Å²) in [4.78, 5) is 15.1. The lowest BCUT2D eigenvalue weighted by atomic mass is 9.94. The van der Waals surface area contributed by atoms with Crippen LogP contribution in [0.5, 0.6) is 5.75 Å². The Bertz CT molecular complexity index is 1330. The minimum Gasteiger partial charge on any atom is -0.420 e. The zero-order valence-corrected chi connectivity index (χ0v) is 18.4. The van der Waals surface area contributed by atoms with Crippen molar-refractivity contribution in [2.45, 2.75) is 31.5 Å². The van der Waals surface area contributed by atoms with Crippen molar-refractivity contribution in [2.24, 2.45) is 0 Å². The summed E-state index contributed by atoms with van der Waals surface area (Å²) in [7, 11) is 0. The molecular formula is C21H20ClF3N6O3. The maximum atomic E-state index is 12.3. The van der Waals surface area contributed by atoms with Crippen LogP contribution in [0.3, 0.4) is 0 Å². The van der Waals surface area contributed by atoms with Crippen molar-refractivity contribution in [2.75, 3.05) is 13.1 Å². The van der Waals surface area contributed by atoms with Gasteiger partial charge in [0.2, 0.25) is 5.89 Å². The molecule has 0 atom stereocenters. The van der Waals surface area contributed by atoms with Gasteiger partial charge in [-0.3, -0.25) is 4.79 Å². The second-order valence-corrected chi connectivity index (χ2v) is 7.77. The molecule has 180 valence electrons. The molecule has 2 N–H and O–H groups in total. The van der Waals surface area contributed by atoms with Gasteiger partial charge in [-0.2, -0.15) is 5.10 Å². The molecule has 3 aromatic heterocycles. The molecule has 0 amide bonds. The fraction of sp³-hybridized carbons (Fsp3) is 0.333. The molecule has 5 rings (SSSR count). The third kappa shape index (κ3) is 5.07. The van der Waals surface area contributed by atoms with Gasteiger partial charge in [-0.1, -0.05) is 12.1 Å². The van der Waals surface area contributed by atoms with Crippen LogP contribution in [0, 0.1) is 0 Å². The van der Waals surface area contributed by atoms with Crippen molar-refractivity contribution in [3.63, 3.8) is 0 Å². The summed E-state index contributed by atoms with van der Waals surface area (Å²) in [5, 5.41) is 15.8. The Balaban J connectivity index is 0.00000274. The molecule has 9 nitrogen and oxygen atoms in total. The molecule has 4 aromatic rings. The highest BCUT2D eigenvalue weighted by Gasteiger charge is 2.31. The number of aromatic nitrogens is 5. The lowest BCUT2D eigenvalue weighted by Gasteiger charge is -2.23. The first-order valence-electron chi connectivity index (χ1n) is 10.3. The van der Waals surface area contributed by atoms with Gasteiger partial charge >= 0.3 is 6.36 Å². The van der Waals surface area contributed by atoms with E-state index < -0.39 is 6.36 Å². The highest BCUT2D eigenvalue weighted by molar-refractivity contribution is 5.85. The monoisotopic (exact) mass is 496 g/mol. The number of alkyl halides is 3. The molecule has 1 fully saturated rings. The van der Waals surface area contributed by atoms with E-state index in [2.05, 4.69) is 30.3 Å². The molecule has 34 heavy (non-hydrogen) atoms. The molecule has 1 aromatic carbocycles. The first-order valence-corrected chi connectivity index (χ1v) is 10.3. The Morgan fingerprint density at radius 1 is 1.15 bits per heavy atom. The zero-order chi connectivity index (χ0) is 23.0. The molecule has 1 aliphatic rings. The number of hydrogen-bond acceptors (Lipinski definition) is 7. The summed E-state index contributed by atoms with van der Waals surface area (Å²) in [6, 6.07) is 6.99. The van der Waals surface area contributed by atoms with Crippen molar-refractivity contribution in [3.05, 3.63) is 64.0 Å². The smallest absolute Gasteiger partial charge is 0.420 e. The quantitative estimate of drug-likeness (QED) is 0.435. The number of nitrogens with zero attached hydrogens (tertiary/aromatic N) is 4. The predicted molar refractivity (Wildman–Crippen MR) is 117 cm³/mol. The SMILES string of the molecule is Cl.O=c1cc(C2CCNCC2)n2ncc(-c3nnc(Cc4ccc(OC(F)(F)F)cc4)o3)c2[nH]1. The van der Waals surface area contributed by atoms with Gasteiger partial charge in [0.25, 0.3) is 11.4 Å². The molecule has 1 aliphatic heterocycles. The average molecular weight is 497 g/mol. The number of rotatable bonds is 5. The molecule has 0 radical (unpaired) electrons. The van der Waals surface area contributed by atoms with Crippen LogP contribution in [-0.2, 0) is 6.42 Å². The van der Waals surface area contributed by atoms with Crippen LogP contribution in [0.2, 0.25) is 0 Å². The van der Waals surface area contributed by atoms with Gasteiger partial charge in [0, 0.05) is 12.0 Å². The summed E-state index contributed by atoms with van der Waals surface area (Å²) in [6.45, 7) is 1.76.